The van der Waals surface area contributed by atoms with Crippen LogP contribution in [-0.4, -0.2) is 16.7 Å². The van der Waals surface area contributed by atoms with E-state index >= 15 is 0 Å². The van der Waals surface area contributed by atoms with Crippen molar-refractivity contribution in [2.75, 3.05) is 0 Å². The van der Waals surface area contributed by atoms with Crippen molar-refractivity contribution < 1.29 is 18.4 Å². The van der Waals surface area contributed by atoms with Crippen molar-refractivity contribution in [2.24, 2.45) is 0 Å². The standard InChI is InChI=1S/C24H21FN2O3/c1-16(28)27-13-12-17-4-2-3-5-21(17)22(27)14-24(29)26-15-20-10-11-23(30-20)18-6-8-19(25)9-7-18/h2-13,22H,14-15H2,1H3,(H,26,29)/t22-/m0/s1. The first-order chi connectivity index (χ1) is 14.5. The first-order valence-corrected chi connectivity index (χ1v) is 9.68. The van der Waals surface area contributed by atoms with Crippen molar-refractivity contribution in [1.29, 1.82) is 0 Å². The number of hydrogen-bond acceptors (Lipinski definition) is 3. The molecule has 0 saturated carbocycles. The lowest BCUT2D eigenvalue weighted by molar-refractivity contribution is -0.130. The fraction of sp³-hybridized carbons (Fsp3) is 0.167. The zero-order valence-electron chi connectivity index (χ0n) is 16.5. The lowest BCUT2D eigenvalue weighted by Crippen LogP contribution is -2.35. The number of carbonyl (C=O) groups excluding carboxylic acids is 2. The number of rotatable bonds is 5. The molecule has 1 N–H and O–H groups in total. The largest absolute Gasteiger partial charge is 0.459 e. The number of benzene rings is 2. The summed E-state index contributed by atoms with van der Waals surface area (Å²) in [6, 6.07) is 17.0. The summed E-state index contributed by atoms with van der Waals surface area (Å²) in [5, 5.41) is 2.86. The van der Waals surface area contributed by atoms with Crippen molar-refractivity contribution >= 4 is 17.9 Å². The van der Waals surface area contributed by atoms with E-state index in [9.17, 15) is 14.0 Å². The number of amides is 2. The lowest BCUT2D eigenvalue weighted by atomic mass is 9.93. The van der Waals surface area contributed by atoms with Crippen molar-refractivity contribution in [2.45, 2.75) is 25.9 Å². The highest BCUT2D eigenvalue weighted by Crippen LogP contribution is 2.32. The molecule has 6 heteroatoms. The average molecular weight is 404 g/mol. The molecular weight excluding hydrogens is 383 g/mol. The summed E-state index contributed by atoms with van der Waals surface area (Å²) < 4.78 is 18.8. The molecule has 30 heavy (non-hydrogen) atoms. The Bertz CT molecular complexity index is 1100. The maximum atomic E-state index is 13.1. The minimum atomic E-state index is -0.352. The van der Waals surface area contributed by atoms with Gasteiger partial charge in [-0.2, -0.15) is 0 Å². The van der Waals surface area contributed by atoms with Gasteiger partial charge in [-0.25, -0.2) is 4.39 Å². The van der Waals surface area contributed by atoms with Gasteiger partial charge in [-0.15, -0.1) is 0 Å². The van der Waals surface area contributed by atoms with Gasteiger partial charge in [-0.3, -0.25) is 9.59 Å². The fourth-order valence-corrected chi connectivity index (χ4v) is 3.59. The summed E-state index contributed by atoms with van der Waals surface area (Å²) >= 11 is 0. The molecule has 0 saturated heterocycles. The highest BCUT2D eigenvalue weighted by atomic mass is 19.1. The van der Waals surface area contributed by atoms with Gasteiger partial charge in [0.05, 0.1) is 19.0 Å². The molecule has 2 aromatic carbocycles. The van der Waals surface area contributed by atoms with Crippen LogP contribution in [0.4, 0.5) is 4.39 Å². The van der Waals surface area contributed by atoms with Crippen LogP contribution in [0.3, 0.4) is 0 Å². The summed E-state index contributed by atoms with van der Waals surface area (Å²) in [5.74, 6) is 0.588. The number of nitrogens with one attached hydrogen (secondary N) is 1. The Kier molecular flexibility index (Phi) is 5.48. The van der Waals surface area contributed by atoms with Gasteiger partial charge in [0.15, 0.2) is 0 Å². The van der Waals surface area contributed by atoms with Gasteiger partial charge in [0.2, 0.25) is 11.8 Å². The van der Waals surface area contributed by atoms with Gasteiger partial charge >= 0.3 is 0 Å². The molecule has 1 aliphatic heterocycles. The number of furan rings is 1. The summed E-state index contributed by atoms with van der Waals surface area (Å²) in [7, 11) is 0. The monoisotopic (exact) mass is 404 g/mol. The zero-order chi connectivity index (χ0) is 21.1. The second kappa shape index (κ2) is 8.37. The normalized spacial score (nSPS) is 15.0. The molecule has 0 aliphatic carbocycles. The Balaban J connectivity index is 1.41. The molecule has 2 amide bonds. The molecule has 152 valence electrons. The number of nitrogens with zero attached hydrogens (tertiary/aromatic N) is 1. The third-order valence-corrected chi connectivity index (χ3v) is 5.10. The molecule has 4 rings (SSSR count). The smallest absolute Gasteiger partial charge is 0.223 e. The van der Waals surface area contributed by atoms with Crippen molar-refractivity contribution in [3.63, 3.8) is 0 Å². The zero-order valence-corrected chi connectivity index (χ0v) is 16.5. The third-order valence-electron chi connectivity index (χ3n) is 5.10. The molecule has 1 aromatic heterocycles. The molecular formula is C24H21FN2O3. The van der Waals surface area contributed by atoms with Crippen LogP contribution in [0.1, 0.15) is 36.3 Å². The van der Waals surface area contributed by atoms with Crippen molar-refractivity contribution in [3.05, 3.63) is 89.6 Å². The third kappa shape index (κ3) is 4.17. The minimum absolute atomic E-state index is 0.117. The summed E-state index contributed by atoms with van der Waals surface area (Å²) in [4.78, 5) is 26.2. The molecule has 0 spiro atoms. The number of hydrogen-bond donors (Lipinski definition) is 1. The Hall–Kier alpha value is -3.67. The molecule has 1 atom stereocenters. The molecule has 0 radical (unpaired) electrons. The second-order valence-electron chi connectivity index (χ2n) is 7.14. The predicted molar refractivity (Wildman–Crippen MR) is 111 cm³/mol. The average Bonchev–Trinajstić information content (AvgIpc) is 3.22. The van der Waals surface area contributed by atoms with E-state index in [1.54, 1.807) is 35.4 Å². The van der Waals surface area contributed by atoms with Gasteiger partial charge in [0.1, 0.15) is 17.3 Å². The van der Waals surface area contributed by atoms with E-state index in [1.165, 1.54) is 19.1 Å². The SMILES string of the molecule is CC(=O)N1C=Cc2ccccc2[C@@H]1CC(=O)NCc1ccc(-c2ccc(F)cc2)o1. The quantitative estimate of drug-likeness (QED) is 0.672. The topological polar surface area (TPSA) is 62.6 Å². The van der Waals surface area contributed by atoms with E-state index in [0.29, 0.717) is 11.5 Å². The summed E-state index contributed by atoms with van der Waals surface area (Å²) in [6.45, 7) is 1.72. The van der Waals surface area contributed by atoms with E-state index in [-0.39, 0.29) is 36.6 Å². The Labute approximate surface area is 173 Å². The first-order valence-electron chi connectivity index (χ1n) is 9.68. The molecule has 0 bridgehead atoms. The Morgan fingerprint density at radius 3 is 2.60 bits per heavy atom. The maximum absolute atomic E-state index is 13.1. The van der Waals surface area contributed by atoms with Crippen LogP contribution in [0.5, 0.6) is 0 Å². The van der Waals surface area contributed by atoms with Gasteiger partial charge < -0.3 is 14.6 Å². The lowest BCUT2D eigenvalue weighted by Gasteiger charge is -2.32. The van der Waals surface area contributed by atoms with Crippen LogP contribution >= 0.6 is 0 Å². The summed E-state index contributed by atoms with van der Waals surface area (Å²) in [6.07, 6.45) is 3.75. The predicted octanol–water partition coefficient (Wildman–Crippen LogP) is 4.67. The van der Waals surface area contributed by atoms with Crippen LogP contribution in [0.2, 0.25) is 0 Å². The molecule has 0 fully saturated rings. The minimum Gasteiger partial charge on any atom is -0.459 e. The molecule has 2 heterocycles. The van der Waals surface area contributed by atoms with Gasteiger partial charge in [-0.1, -0.05) is 24.3 Å². The van der Waals surface area contributed by atoms with Gasteiger partial charge in [-0.05, 0) is 53.6 Å². The second-order valence-corrected chi connectivity index (χ2v) is 7.14. The summed E-state index contributed by atoms with van der Waals surface area (Å²) in [5.41, 5.74) is 2.71. The number of fused-ring (bicyclic) bond motifs is 1. The fourth-order valence-electron chi connectivity index (χ4n) is 3.59. The van der Waals surface area contributed by atoms with Crippen LogP contribution < -0.4 is 5.32 Å². The van der Waals surface area contributed by atoms with E-state index in [1.807, 2.05) is 30.3 Å². The number of halogens is 1. The maximum Gasteiger partial charge on any atom is 0.223 e. The highest BCUT2D eigenvalue weighted by molar-refractivity contribution is 5.81. The van der Waals surface area contributed by atoms with E-state index in [4.69, 9.17) is 4.42 Å². The van der Waals surface area contributed by atoms with E-state index in [2.05, 4.69) is 5.32 Å². The van der Waals surface area contributed by atoms with Crippen LogP contribution in [0.15, 0.2) is 71.3 Å². The first kappa shape index (κ1) is 19.6. The number of carbonyl (C=O) groups is 2. The molecule has 1 aliphatic rings. The molecule has 5 nitrogen and oxygen atoms in total. The van der Waals surface area contributed by atoms with E-state index in [0.717, 1.165) is 16.7 Å². The Morgan fingerprint density at radius 1 is 1.07 bits per heavy atom. The van der Waals surface area contributed by atoms with Gasteiger partial charge in [0.25, 0.3) is 0 Å². The molecule has 0 unspecified atom stereocenters. The highest BCUT2D eigenvalue weighted by Gasteiger charge is 2.28. The van der Waals surface area contributed by atoms with Crippen LogP contribution in [0, 0.1) is 5.82 Å². The van der Waals surface area contributed by atoms with Crippen molar-refractivity contribution in [3.8, 4) is 11.3 Å². The van der Waals surface area contributed by atoms with Gasteiger partial charge in [0, 0.05) is 18.7 Å². The van der Waals surface area contributed by atoms with Crippen LogP contribution in [0.25, 0.3) is 17.4 Å². The van der Waals surface area contributed by atoms with Crippen molar-refractivity contribution in [1.82, 2.24) is 10.2 Å². The van der Waals surface area contributed by atoms with E-state index < -0.39 is 0 Å². The Morgan fingerprint density at radius 2 is 1.83 bits per heavy atom. The van der Waals surface area contributed by atoms with Crippen LogP contribution in [-0.2, 0) is 16.1 Å². The molecule has 3 aromatic rings.